The van der Waals surface area contributed by atoms with Crippen LogP contribution in [0.4, 0.5) is 5.69 Å². The molecule has 0 N–H and O–H groups in total. The SMILES string of the molecule is CN1C(=O)C(=Cc2ccc(I)o2)SC1=Nc1ccc(Cl)cc1. The molecule has 1 aliphatic heterocycles. The van der Waals surface area contributed by atoms with Gasteiger partial charge in [-0.25, -0.2) is 4.99 Å². The van der Waals surface area contributed by atoms with Gasteiger partial charge < -0.3 is 4.42 Å². The fourth-order valence-corrected chi connectivity index (χ4v) is 3.34. The Morgan fingerprint density at radius 1 is 1.27 bits per heavy atom. The molecule has 4 nitrogen and oxygen atoms in total. The Balaban J connectivity index is 1.88. The van der Waals surface area contributed by atoms with E-state index in [1.807, 2.05) is 24.3 Å². The molecular weight excluding hydrogens is 435 g/mol. The first-order valence-electron chi connectivity index (χ1n) is 6.30. The molecule has 0 unspecified atom stereocenters. The molecule has 1 aromatic heterocycles. The van der Waals surface area contributed by atoms with E-state index >= 15 is 0 Å². The monoisotopic (exact) mass is 444 g/mol. The van der Waals surface area contributed by atoms with E-state index in [1.54, 1.807) is 25.3 Å². The number of amidine groups is 1. The molecular formula is C15H10ClIN2O2S. The van der Waals surface area contributed by atoms with E-state index in [0.29, 0.717) is 20.9 Å². The van der Waals surface area contributed by atoms with Crippen molar-refractivity contribution in [3.63, 3.8) is 0 Å². The molecule has 0 saturated carbocycles. The number of amides is 1. The standard InChI is InChI=1S/C15H10ClIN2O2S/c1-19-14(20)12(8-11-6-7-13(17)21-11)22-15(19)18-10-4-2-9(16)3-5-10/h2-8H,1H3. The average molecular weight is 445 g/mol. The predicted octanol–water partition coefficient (Wildman–Crippen LogP) is 4.77. The summed E-state index contributed by atoms with van der Waals surface area (Å²) in [4.78, 5) is 18.9. The molecule has 1 aromatic carbocycles. The number of halogens is 2. The minimum absolute atomic E-state index is 0.0934. The number of rotatable bonds is 2. The Kier molecular flexibility index (Phi) is 4.60. The maximum atomic E-state index is 12.3. The number of carbonyl (C=O) groups is 1. The van der Waals surface area contributed by atoms with E-state index in [9.17, 15) is 4.79 Å². The zero-order valence-corrected chi connectivity index (χ0v) is 15.1. The van der Waals surface area contributed by atoms with Crippen molar-refractivity contribution in [3.8, 4) is 0 Å². The smallest absolute Gasteiger partial charge is 0.266 e. The van der Waals surface area contributed by atoms with Gasteiger partial charge in [-0.15, -0.1) is 0 Å². The van der Waals surface area contributed by atoms with Crippen LogP contribution in [-0.4, -0.2) is 23.0 Å². The average Bonchev–Trinajstić information content (AvgIpc) is 3.01. The lowest BCUT2D eigenvalue weighted by Crippen LogP contribution is -2.23. The molecule has 1 aliphatic rings. The number of hydrogen-bond acceptors (Lipinski definition) is 4. The summed E-state index contributed by atoms with van der Waals surface area (Å²) >= 11 is 9.26. The molecule has 3 rings (SSSR count). The maximum absolute atomic E-state index is 12.3. The fraction of sp³-hybridized carbons (Fsp3) is 0.0667. The van der Waals surface area contributed by atoms with E-state index in [2.05, 4.69) is 27.6 Å². The summed E-state index contributed by atoms with van der Waals surface area (Å²) in [5, 5.41) is 1.28. The molecule has 22 heavy (non-hydrogen) atoms. The zero-order valence-electron chi connectivity index (χ0n) is 11.4. The van der Waals surface area contributed by atoms with Crippen molar-refractivity contribution in [2.45, 2.75) is 0 Å². The van der Waals surface area contributed by atoms with Gasteiger partial charge in [0.2, 0.25) is 0 Å². The molecule has 0 bridgehead atoms. The number of benzene rings is 1. The van der Waals surface area contributed by atoms with Crippen LogP contribution in [0, 0.1) is 3.77 Å². The number of aliphatic imine (C=N–C) groups is 1. The fourth-order valence-electron chi connectivity index (χ4n) is 1.81. The van der Waals surface area contributed by atoms with Crippen molar-refractivity contribution in [3.05, 3.63) is 55.9 Å². The van der Waals surface area contributed by atoms with Crippen LogP contribution >= 0.6 is 46.0 Å². The van der Waals surface area contributed by atoms with Crippen LogP contribution in [0.3, 0.4) is 0 Å². The highest BCUT2D eigenvalue weighted by molar-refractivity contribution is 14.1. The van der Waals surface area contributed by atoms with Crippen molar-refractivity contribution >= 4 is 68.8 Å². The zero-order chi connectivity index (χ0) is 15.7. The molecule has 0 radical (unpaired) electrons. The Morgan fingerprint density at radius 3 is 2.64 bits per heavy atom. The van der Waals surface area contributed by atoms with Gasteiger partial charge in [0.1, 0.15) is 5.76 Å². The van der Waals surface area contributed by atoms with Crippen LogP contribution in [0.2, 0.25) is 5.02 Å². The normalized spacial score (nSPS) is 18.7. The Labute approximate surface area is 150 Å². The molecule has 1 fully saturated rings. The van der Waals surface area contributed by atoms with E-state index < -0.39 is 0 Å². The third kappa shape index (κ3) is 3.39. The first-order valence-corrected chi connectivity index (χ1v) is 8.57. The summed E-state index contributed by atoms with van der Waals surface area (Å²) in [6.45, 7) is 0. The number of likely N-dealkylation sites (N-methyl/N-ethyl adjacent to an activating group) is 1. The van der Waals surface area contributed by atoms with Crippen LogP contribution in [0.5, 0.6) is 0 Å². The number of hydrogen-bond donors (Lipinski definition) is 0. The maximum Gasteiger partial charge on any atom is 0.266 e. The van der Waals surface area contributed by atoms with Crippen LogP contribution in [0.1, 0.15) is 5.76 Å². The molecule has 0 aliphatic carbocycles. The summed E-state index contributed by atoms with van der Waals surface area (Å²) in [5.41, 5.74) is 0.750. The van der Waals surface area contributed by atoms with Crippen molar-refractivity contribution in [1.29, 1.82) is 0 Å². The van der Waals surface area contributed by atoms with E-state index in [-0.39, 0.29) is 5.91 Å². The van der Waals surface area contributed by atoms with Gasteiger partial charge >= 0.3 is 0 Å². The van der Waals surface area contributed by atoms with E-state index in [1.165, 1.54) is 16.7 Å². The predicted molar refractivity (Wildman–Crippen MR) is 98.3 cm³/mol. The van der Waals surface area contributed by atoms with Crippen molar-refractivity contribution in [2.75, 3.05) is 7.05 Å². The van der Waals surface area contributed by atoms with Crippen molar-refractivity contribution in [2.24, 2.45) is 4.99 Å². The van der Waals surface area contributed by atoms with Gasteiger partial charge in [0.25, 0.3) is 5.91 Å². The second-order valence-electron chi connectivity index (χ2n) is 4.49. The van der Waals surface area contributed by atoms with Crippen LogP contribution < -0.4 is 0 Å². The lowest BCUT2D eigenvalue weighted by atomic mass is 10.3. The molecule has 2 heterocycles. The van der Waals surface area contributed by atoms with Gasteiger partial charge in [-0.1, -0.05) is 11.6 Å². The highest BCUT2D eigenvalue weighted by atomic mass is 127. The quantitative estimate of drug-likeness (QED) is 0.495. The summed E-state index contributed by atoms with van der Waals surface area (Å²) < 4.78 is 6.25. The molecule has 112 valence electrons. The number of thioether (sulfide) groups is 1. The Bertz CT molecular complexity index is 783. The molecule has 2 aromatic rings. The minimum atomic E-state index is -0.0934. The minimum Gasteiger partial charge on any atom is -0.451 e. The summed E-state index contributed by atoms with van der Waals surface area (Å²) in [7, 11) is 1.71. The Hall–Kier alpha value is -1.25. The number of furan rings is 1. The van der Waals surface area contributed by atoms with E-state index in [4.69, 9.17) is 16.0 Å². The van der Waals surface area contributed by atoms with Gasteiger partial charge in [0.05, 0.1) is 10.6 Å². The molecule has 1 amide bonds. The lowest BCUT2D eigenvalue weighted by molar-refractivity contribution is -0.121. The largest absolute Gasteiger partial charge is 0.451 e. The third-order valence-electron chi connectivity index (χ3n) is 2.92. The molecule has 0 atom stereocenters. The van der Waals surface area contributed by atoms with Crippen LogP contribution in [-0.2, 0) is 4.79 Å². The lowest BCUT2D eigenvalue weighted by Gasteiger charge is -2.06. The summed E-state index contributed by atoms with van der Waals surface area (Å²) in [6, 6.07) is 10.8. The third-order valence-corrected chi connectivity index (χ3v) is 4.81. The van der Waals surface area contributed by atoms with Crippen LogP contribution in [0.25, 0.3) is 6.08 Å². The van der Waals surface area contributed by atoms with Gasteiger partial charge in [-0.3, -0.25) is 9.69 Å². The van der Waals surface area contributed by atoms with E-state index in [0.717, 1.165) is 9.45 Å². The van der Waals surface area contributed by atoms with Gasteiger partial charge in [0.15, 0.2) is 8.93 Å². The highest BCUT2D eigenvalue weighted by Crippen LogP contribution is 2.33. The number of carbonyl (C=O) groups excluding carboxylic acids is 1. The Morgan fingerprint density at radius 2 is 2.00 bits per heavy atom. The highest BCUT2D eigenvalue weighted by Gasteiger charge is 2.30. The first-order chi connectivity index (χ1) is 10.5. The van der Waals surface area contributed by atoms with Crippen LogP contribution in [0.15, 0.2) is 50.7 Å². The second-order valence-corrected chi connectivity index (χ2v) is 7.00. The van der Waals surface area contributed by atoms with Crippen molar-refractivity contribution in [1.82, 2.24) is 4.90 Å². The van der Waals surface area contributed by atoms with Gasteiger partial charge in [-0.2, -0.15) is 0 Å². The summed E-state index contributed by atoms with van der Waals surface area (Å²) in [5.74, 6) is 0.561. The topological polar surface area (TPSA) is 45.8 Å². The molecule has 0 spiro atoms. The molecule has 1 saturated heterocycles. The summed E-state index contributed by atoms with van der Waals surface area (Å²) in [6.07, 6.45) is 1.73. The second kappa shape index (κ2) is 6.47. The molecule has 7 heteroatoms. The van der Waals surface area contributed by atoms with Gasteiger partial charge in [0, 0.05) is 18.1 Å². The van der Waals surface area contributed by atoms with Gasteiger partial charge in [-0.05, 0) is 70.8 Å². The number of nitrogens with zero attached hydrogens (tertiary/aromatic N) is 2. The van der Waals surface area contributed by atoms with Crippen molar-refractivity contribution < 1.29 is 9.21 Å². The first kappa shape index (κ1) is 15.6.